The van der Waals surface area contributed by atoms with E-state index < -0.39 is 5.91 Å². The monoisotopic (exact) mass is 415 g/mol. The van der Waals surface area contributed by atoms with Crippen LogP contribution < -0.4 is 21.5 Å². The Labute approximate surface area is 171 Å². The summed E-state index contributed by atoms with van der Waals surface area (Å²) in [6.45, 7) is 1.81. The Kier molecular flexibility index (Phi) is 5.33. The largest absolute Gasteiger partial charge is 0.488 e. The Morgan fingerprint density at radius 1 is 1.28 bits per heavy atom. The number of primary amides is 1. The molecule has 0 atom stereocenters. The molecule has 1 aliphatic carbocycles. The van der Waals surface area contributed by atoms with E-state index in [2.05, 4.69) is 15.3 Å². The summed E-state index contributed by atoms with van der Waals surface area (Å²) in [5.74, 6) is 0.0463. The molecule has 0 unspecified atom stereocenters. The van der Waals surface area contributed by atoms with Gasteiger partial charge in [0.2, 0.25) is 0 Å². The van der Waals surface area contributed by atoms with Crippen LogP contribution in [0.15, 0.2) is 24.5 Å². The van der Waals surface area contributed by atoms with Crippen molar-refractivity contribution in [3.8, 4) is 5.75 Å². The molecule has 1 saturated carbocycles. The summed E-state index contributed by atoms with van der Waals surface area (Å²) in [5.41, 5.74) is 12.7. The van der Waals surface area contributed by atoms with Gasteiger partial charge in [-0.2, -0.15) is 0 Å². The number of carbonyl (C=O) groups excluding carboxylic acids is 1. The Bertz CT molecular complexity index is 1060. The van der Waals surface area contributed by atoms with Crippen molar-refractivity contribution < 1.29 is 13.9 Å². The zero-order chi connectivity index (χ0) is 20.5. The molecule has 4 rings (SSSR count). The van der Waals surface area contributed by atoms with E-state index in [4.69, 9.17) is 16.2 Å². The van der Waals surface area contributed by atoms with Gasteiger partial charge in [-0.25, -0.2) is 14.4 Å². The summed E-state index contributed by atoms with van der Waals surface area (Å²) in [6.07, 6.45) is 4.85. The number of nitrogens with zero attached hydrogens (tertiary/aromatic N) is 2. The molecule has 5 N–H and O–H groups in total. The summed E-state index contributed by atoms with van der Waals surface area (Å²) in [5, 5.41) is 3.93. The van der Waals surface area contributed by atoms with Crippen LogP contribution in [0.5, 0.6) is 5.75 Å². The number of halogens is 1. The SMILES string of the molecule is Cc1c(C(N)=O)sc2ncnc(Nc3ccc(F)cc3O[C@H]3CC[C@H](N)CC3)c12. The van der Waals surface area contributed by atoms with Gasteiger partial charge in [0.25, 0.3) is 5.91 Å². The van der Waals surface area contributed by atoms with E-state index in [0.717, 1.165) is 25.7 Å². The van der Waals surface area contributed by atoms with Gasteiger partial charge in [-0.1, -0.05) is 0 Å². The molecule has 1 amide bonds. The van der Waals surface area contributed by atoms with Crippen molar-refractivity contribution in [1.82, 2.24) is 9.97 Å². The Hall–Kier alpha value is -2.78. The van der Waals surface area contributed by atoms with Crippen LogP contribution in [0.3, 0.4) is 0 Å². The van der Waals surface area contributed by atoms with Crippen LogP contribution in [0.1, 0.15) is 40.9 Å². The Morgan fingerprint density at radius 2 is 2.03 bits per heavy atom. The van der Waals surface area contributed by atoms with Gasteiger partial charge in [0.1, 0.15) is 28.5 Å². The van der Waals surface area contributed by atoms with Gasteiger partial charge in [0.05, 0.1) is 22.1 Å². The predicted octanol–water partition coefficient (Wildman–Crippen LogP) is 3.63. The van der Waals surface area contributed by atoms with Crippen LogP contribution >= 0.6 is 11.3 Å². The Balaban J connectivity index is 1.67. The zero-order valence-corrected chi connectivity index (χ0v) is 16.8. The number of ether oxygens (including phenoxy) is 1. The van der Waals surface area contributed by atoms with Gasteiger partial charge < -0.3 is 21.5 Å². The quantitative estimate of drug-likeness (QED) is 0.586. The molecule has 0 saturated heterocycles. The second-order valence-corrected chi connectivity index (χ2v) is 8.24. The first-order valence-electron chi connectivity index (χ1n) is 9.45. The van der Waals surface area contributed by atoms with Crippen molar-refractivity contribution in [2.24, 2.45) is 11.5 Å². The number of amides is 1. The Morgan fingerprint density at radius 3 is 2.76 bits per heavy atom. The number of anilines is 2. The minimum Gasteiger partial charge on any atom is -0.488 e. The highest BCUT2D eigenvalue weighted by Gasteiger charge is 2.22. The lowest BCUT2D eigenvalue weighted by Gasteiger charge is -2.27. The van der Waals surface area contributed by atoms with Gasteiger partial charge in [0.15, 0.2) is 0 Å². The molecule has 1 aromatic carbocycles. The number of aromatic nitrogens is 2. The molecule has 0 bridgehead atoms. The van der Waals surface area contributed by atoms with Gasteiger partial charge in [0, 0.05) is 12.1 Å². The maximum atomic E-state index is 13.9. The third-order valence-electron chi connectivity index (χ3n) is 5.16. The molecule has 0 radical (unpaired) electrons. The highest BCUT2D eigenvalue weighted by molar-refractivity contribution is 7.20. The smallest absolute Gasteiger partial charge is 0.259 e. The first-order chi connectivity index (χ1) is 13.9. The van der Waals surface area contributed by atoms with Crippen LogP contribution in [0, 0.1) is 12.7 Å². The van der Waals surface area contributed by atoms with E-state index in [9.17, 15) is 9.18 Å². The first-order valence-corrected chi connectivity index (χ1v) is 10.3. The van der Waals surface area contributed by atoms with Crippen molar-refractivity contribution in [2.45, 2.75) is 44.8 Å². The molecule has 29 heavy (non-hydrogen) atoms. The second kappa shape index (κ2) is 7.92. The van der Waals surface area contributed by atoms with Crippen LogP contribution in [-0.4, -0.2) is 28.0 Å². The number of carbonyl (C=O) groups is 1. The molecule has 1 aliphatic rings. The maximum Gasteiger partial charge on any atom is 0.259 e. The molecular weight excluding hydrogens is 393 g/mol. The fourth-order valence-electron chi connectivity index (χ4n) is 3.61. The van der Waals surface area contributed by atoms with E-state index in [1.807, 2.05) is 0 Å². The number of thiophene rings is 1. The number of hydrogen-bond donors (Lipinski definition) is 3. The van der Waals surface area contributed by atoms with E-state index in [-0.39, 0.29) is 18.0 Å². The van der Waals surface area contributed by atoms with Crippen molar-refractivity contribution >= 4 is 39.0 Å². The predicted molar refractivity (Wildman–Crippen MR) is 111 cm³/mol. The lowest BCUT2D eigenvalue weighted by Crippen LogP contribution is -2.31. The van der Waals surface area contributed by atoms with Crippen LogP contribution in [-0.2, 0) is 0 Å². The van der Waals surface area contributed by atoms with Crippen LogP contribution in [0.2, 0.25) is 0 Å². The van der Waals surface area contributed by atoms with Gasteiger partial charge in [-0.05, 0) is 50.3 Å². The topological polar surface area (TPSA) is 116 Å². The molecule has 0 aliphatic heterocycles. The van der Waals surface area contributed by atoms with Crippen molar-refractivity contribution in [3.05, 3.63) is 40.8 Å². The third-order valence-corrected chi connectivity index (χ3v) is 6.37. The molecule has 3 aromatic rings. The lowest BCUT2D eigenvalue weighted by molar-refractivity contribution is 0.100. The lowest BCUT2D eigenvalue weighted by atomic mass is 9.94. The number of nitrogens with one attached hydrogen (secondary N) is 1. The van der Waals surface area contributed by atoms with E-state index in [1.165, 1.54) is 29.8 Å². The number of rotatable bonds is 5. The number of fused-ring (bicyclic) bond motifs is 1. The number of hydrogen-bond acceptors (Lipinski definition) is 7. The molecule has 0 spiro atoms. The molecule has 7 nitrogen and oxygen atoms in total. The zero-order valence-electron chi connectivity index (χ0n) is 15.9. The average Bonchev–Trinajstić information content (AvgIpc) is 3.04. The van der Waals surface area contributed by atoms with E-state index >= 15 is 0 Å². The number of nitrogens with two attached hydrogens (primary N) is 2. The van der Waals surface area contributed by atoms with Crippen molar-refractivity contribution in [2.75, 3.05) is 5.32 Å². The average molecular weight is 415 g/mol. The summed E-state index contributed by atoms with van der Waals surface area (Å²) in [7, 11) is 0. The molecular formula is C20H22FN5O2S. The highest BCUT2D eigenvalue weighted by Crippen LogP contribution is 2.37. The fraction of sp³-hybridized carbons (Fsp3) is 0.350. The standard InChI is InChI=1S/C20H22FN5O2S/c1-10-16-19(24-9-25-20(16)29-17(10)18(23)27)26-14-7-2-11(21)8-15(14)28-13-5-3-12(22)4-6-13/h2,7-9,12-13H,3-6,22H2,1H3,(H2,23,27)(H,24,25,26)/t12-,13-. The molecule has 2 heterocycles. The van der Waals surface area contributed by atoms with Gasteiger partial charge in [-0.15, -0.1) is 11.3 Å². The number of benzene rings is 1. The van der Waals surface area contributed by atoms with Gasteiger partial charge in [-0.3, -0.25) is 4.79 Å². The molecule has 9 heteroatoms. The minimum atomic E-state index is -0.502. The fourth-order valence-corrected chi connectivity index (χ4v) is 4.61. The van der Waals surface area contributed by atoms with Crippen LogP contribution in [0.25, 0.3) is 10.2 Å². The van der Waals surface area contributed by atoms with Gasteiger partial charge >= 0.3 is 0 Å². The highest BCUT2D eigenvalue weighted by atomic mass is 32.1. The van der Waals surface area contributed by atoms with Crippen LogP contribution in [0.4, 0.5) is 15.9 Å². The number of aryl methyl sites for hydroxylation is 1. The summed E-state index contributed by atoms with van der Waals surface area (Å²) >= 11 is 1.22. The molecule has 1 fully saturated rings. The summed E-state index contributed by atoms with van der Waals surface area (Å²) in [4.78, 5) is 21.3. The third kappa shape index (κ3) is 4.01. The maximum absolute atomic E-state index is 13.9. The first kappa shape index (κ1) is 19.5. The van der Waals surface area contributed by atoms with Crippen molar-refractivity contribution in [3.63, 3.8) is 0 Å². The van der Waals surface area contributed by atoms with E-state index in [1.54, 1.807) is 13.0 Å². The summed E-state index contributed by atoms with van der Waals surface area (Å²) in [6, 6.07) is 4.55. The summed E-state index contributed by atoms with van der Waals surface area (Å²) < 4.78 is 20.0. The minimum absolute atomic E-state index is 0.00749. The molecule has 2 aromatic heterocycles. The van der Waals surface area contributed by atoms with E-state index in [0.29, 0.717) is 37.9 Å². The molecule has 152 valence electrons. The van der Waals surface area contributed by atoms with Crippen molar-refractivity contribution in [1.29, 1.82) is 0 Å². The normalized spacial score (nSPS) is 19.3. The second-order valence-electron chi connectivity index (χ2n) is 7.24.